The number of hydrogen-bond donors (Lipinski definition) is 2. The summed E-state index contributed by atoms with van der Waals surface area (Å²) >= 11 is 6.08. The van der Waals surface area contributed by atoms with Gasteiger partial charge in [0.15, 0.2) is 5.82 Å². The predicted octanol–water partition coefficient (Wildman–Crippen LogP) is 4.67. The molecule has 0 fully saturated rings. The van der Waals surface area contributed by atoms with Crippen molar-refractivity contribution in [1.29, 1.82) is 0 Å². The molecule has 0 saturated heterocycles. The molecule has 6 heteroatoms. The van der Waals surface area contributed by atoms with E-state index in [2.05, 4.69) is 15.0 Å². The fraction of sp³-hybridized carbons (Fsp3) is 0. The van der Waals surface area contributed by atoms with Crippen molar-refractivity contribution in [2.45, 2.75) is 0 Å². The van der Waals surface area contributed by atoms with Gasteiger partial charge in [0.25, 0.3) is 0 Å². The van der Waals surface area contributed by atoms with Gasteiger partial charge in [0.2, 0.25) is 0 Å². The number of rotatable bonds is 2. The van der Waals surface area contributed by atoms with Crippen LogP contribution >= 0.6 is 11.6 Å². The molecule has 2 aromatic heterocycles. The normalized spacial score (nSPS) is 11.1. The standard InChI is InChI=1S/C18H12ClFN4/c19-14-7-11(20)6-12-13(9-22-17(12)14)18-23-15(8-16(21)24-18)10-4-2-1-3-5-10/h1-9,22H,(H2,21,23,24). The molecule has 24 heavy (non-hydrogen) atoms. The Kier molecular flexibility index (Phi) is 3.43. The number of anilines is 1. The molecule has 2 heterocycles. The smallest absolute Gasteiger partial charge is 0.164 e. The van der Waals surface area contributed by atoms with E-state index in [4.69, 9.17) is 17.3 Å². The van der Waals surface area contributed by atoms with Gasteiger partial charge in [-0.05, 0) is 12.1 Å². The van der Waals surface area contributed by atoms with E-state index >= 15 is 0 Å². The molecule has 0 aliphatic carbocycles. The highest BCUT2D eigenvalue weighted by molar-refractivity contribution is 6.35. The number of H-pyrrole nitrogens is 1. The number of hydrogen-bond acceptors (Lipinski definition) is 3. The molecule has 4 aromatic rings. The van der Waals surface area contributed by atoms with E-state index in [9.17, 15) is 4.39 Å². The molecule has 0 amide bonds. The van der Waals surface area contributed by atoms with Crippen LogP contribution in [0.2, 0.25) is 5.02 Å². The molecule has 4 rings (SSSR count). The molecule has 0 saturated carbocycles. The molecular weight excluding hydrogens is 327 g/mol. The fourth-order valence-electron chi connectivity index (χ4n) is 2.68. The first-order chi connectivity index (χ1) is 11.6. The Hall–Kier alpha value is -2.92. The Morgan fingerprint density at radius 1 is 1.04 bits per heavy atom. The molecule has 0 spiro atoms. The van der Waals surface area contributed by atoms with Crippen LogP contribution in [0, 0.1) is 5.82 Å². The largest absolute Gasteiger partial charge is 0.384 e. The van der Waals surface area contributed by atoms with E-state index in [-0.39, 0.29) is 0 Å². The molecule has 0 aliphatic rings. The van der Waals surface area contributed by atoms with Crippen molar-refractivity contribution in [3.8, 4) is 22.6 Å². The van der Waals surface area contributed by atoms with Crippen LogP contribution in [0.15, 0.2) is 54.7 Å². The van der Waals surface area contributed by atoms with Crippen molar-refractivity contribution in [3.63, 3.8) is 0 Å². The first-order valence-electron chi connectivity index (χ1n) is 7.28. The van der Waals surface area contributed by atoms with E-state index in [0.29, 0.717) is 38.8 Å². The number of nitrogens with zero attached hydrogens (tertiary/aromatic N) is 2. The van der Waals surface area contributed by atoms with Gasteiger partial charge in [-0.2, -0.15) is 0 Å². The number of benzene rings is 2. The highest BCUT2D eigenvalue weighted by atomic mass is 35.5. The number of fused-ring (bicyclic) bond motifs is 1. The van der Waals surface area contributed by atoms with Crippen molar-refractivity contribution in [3.05, 3.63) is 65.6 Å². The first-order valence-corrected chi connectivity index (χ1v) is 7.66. The second-order valence-corrected chi connectivity index (χ2v) is 5.79. The predicted molar refractivity (Wildman–Crippen MR) is 94.1 cm³/mol. The highest BCUT2D eigenvalue weighted by Crippen LogP contribution is 2.32. The van der Waals surface area contributed by atoms with Gasteiger partial charge >= 0.3 is 0 Å². The van der Waals surface area contributed by atoms with E-state index in [0.717, 1.165) is 5.56 Å². The molecule has 0 aliphatic heterocycles. The van der Waals surface area contributed by atoms with Crippen LogP contribution in [0.25, 0.3) is 33.5 Å². The second-order valence-electron chi connectivity index (χ2n) is 5.38. The van der Waals surface area contributed by atoms with Gasteiger partial charge in [0, 0.05) is 28.8 Å². The van der Waals surface area contributed by atoms with Gasteiger partial charge in [0.1, 0.15) is 11.6 Å². The van der Waals surface area contributed by atoms with Crippen LogP contribution < -0.4 is 5.73 Å². The zero-order valence-corrected chi connectivity index (χ0v) is 13.2. The Morgan fingerprint density at radius 3 is 2.62 bits per heavy atom. The Morgan fingerprint density at radius 2 is 1.83 bits per heavy atom. The minimum absolute atomic E-state index is 0.309. The van der Waals surface area contributed by atoms with Gasteiger partial charge in [-0.1, -0.05) is 41.9 Å². The number of halogens is 2. The number of nitrogens with two attached hydrogens (primary N) is 1. The summed E-state index contributed by atoms with van der Waals surface area (Å²) in [6, 6.07) is 14.0. The van der Waals surface area contributed by atoms with E-state index in [1.165, 1.54) is 12.1 Å². The number of nitrogen functional groups attached to an aromatic ring is 1. The van der Waals surface area contributed by atoms with Crippen LogP contribution in [0.3, 0.4) is 0 Å². The monoisotopic (exact) mass is 338 g/mol. The quantitative estimate of drug-likeness (QED) is 0.558. The topological polar surface area (TPSA) is 67.6 Å². The summed E-state index contributed by atoms with van der Waals surface area (Å²) in [7, 11) is 0. The first kappa shape index (κ1) is 14.7. The van der Waals surface area contributed by atoms with Crippen LogP contribution in [0.5, 0.6) is 0 Å². The summed E-state index contributed by atoms with van der Waals surface area (Å²) in [4.78, 5) is 11.9. The Bertz CT molecular complexity index is 1040. The van der Waals surface area contributed by atoms with Gasteiger partial charge in [0.05, 0.1) is 16.2 Å². The summed E-state index contributed by atoms with van der Waals surface area (Å²) in [5.74, 6) is 0.345. The fourth-order valence-corrected chi connectivity index (χ4v) is 2.94. The summed E-state index contributed by atoms with van der Waals surface area (Å²) in [6.45, 7) is 0. The molecule has 0 atom stereocenters. The SMILES string of the molecule is Nc1cc(-c2ccccc2)nc(-c2c[nH]c3c(Cl)cc(F)cc23)n1. The lowest BCUT2D eigenvalue weighted by Crippen LogP contribution is -1.97. The average molecular weight is 339 g/mol. The zero-order valence-electron chi connectivity index (χ0n) is 12.4. The molecule has 2 aromatic carbocycles. The van der Waals surface area contributed by atoms with Gasteiger partial charge in [-0.25, -0.2) is 14.4 Å². The minimum Gasteiger partial charge on any atom is -0.384 e. The molecule has 0 bridgehead atoms. The minimum atomic E-state index is -0.416. The van der Waals surface area contributed by atoms with Crippen molar-refractivity contribution in [2.75, 3.05) is 5.73 Å². The van der Waals surface area contributed by atoms with Crippen molar-refractivity contribution in [2.24, 2.45) is 0 Å². The summed E-state index contributed by atoms with van der Waals surface area (Å²) in [5, 5.41) is 0.924. The van der Waals surface area contributed by atoms with Gasteiger partial charge in [-0.15, -0.1) is 0 Å². The Labute approximate surface area is 142 Å². The molecule has 0 radical (unpaired) electrons. The van der Waals surface area contributed by atoms with Crippen LogP contribution in [0.1, 0.15) is 0 Å². The van der Waals surface area contributed by atoms with E-state index < -0.39 is 5.82 Å². The third kappa shape index (κ3) is 2.49. The maximum atomic E-state index is 13.7. The molecule has 0 unspecified atom stereocenters. The third-order valence-corrected chi connectivity index (χ3v) is 4.06. The lowest BCUT2D eigenvalue weighted by Gasteiger charge is -2.06. The second kappa shape index (κ2) is 5.62. The number of aromatic amines is 1. The van der Waals surface area contributed by atoms with Crippen molar-refractivity contribution < 1.29 is 4.39 Å². The molecular formula is C18H12ClFN4. The molecule has 3 N–H and O–H groups in total. The van der Waals surface area contributed by atoms with E-state index in [1.807, 2.05) is 30.3 Å². The summed E-state index contributed by atoms with van der Waals surface area (Å²) in [5.41, 5.74) is 8.86. The van der Waals surface area contributed by atoms with Crippen LogP contribution in [-0.2, 0) is 0 Å². The van der Waals surface area contributed by atoms with Gasteiger partial charge < -0.3 is 10.7 Å². The Balaban J connectivity index is 1.93. The maximum Gasteiger partial charge on any atom is 0.164 e. The van der Waals surface area contributed by atoms with Crippen molar-refractivity contribution >= 4 is 28.3 Å². The lowest BCUT2D eigenvalue weighted by atomic mass is 10.1. The number of aromatic nitrogens is 3. The maximum absolute atomic E-state index is 13.7. The average Bonchev–Trinajstić information content (AvgIpc) is 2.99. The summed E-state index contributed by atoms with van der Waals surface area (Å²) in [6.07, 6.45) is 1.71. The molecule has 118 valence electrons. The highest BCUT2D eigenvalue weighted by Gasteiger charge is 2.14. The van der Waals surface area contributed by atoms with Crippen molar-refractivity contribution in [1.82, 2.24) is 15.0 Å². The van der Waals surface area contributed by atoms with E-state index in [1.54, 1.807) is 12.3 Å². The zero-order chi connectivity index (χ0) is 16.7. The van der Waals surface area contributed by atoms with Crippen LogP contribution in [0.4, 0.5) is 10.2 Å². The summed E-state index contributed by atoms with van der Waals surface area (Å²) < 4.78 is 13.7. The van der Waals surface area contributed by atoms with Gasteiger partial charge in [-0.3, -0.25) is 0 Å². The number of nitrogens with one attached hydrogen (secondary N) is 1. The van der Waals surface area contributed by atoms with Crippen LogP contribution in [-0.4, -0.2) is 15.0 Å². The molecule has 4 nitrogen and oxygen atoms in total. The lowest BCUT2D eigenvalue weighted by molar-refractivity contribution is 0.630. The third-order valence-electron chi connectivity index (χ3n) is 3.76.